The molecule has 0 saturated heterocycles. The third kappa shape index (κ3) is 68.0. The molecule has 0 aromatic heterocycles. The van der Waals surface area contributed by atoms with Gasteiger partial charge in [-0.25, -0.2) is 9.13 Å². The zero-order chi connectivity index (χ0) is 70.4. The second-order valence-electron chi connectivity index (χ2n) is 24.1. The molecule has 5 atom stereocenters. The summed E-state index contributed by atoms with van der Waals surface area (Å²) in [7, 11) is -9.98. The highest BCUT2D eigenvalue weighted by molar-refractivity contribution is 7.47. The Morgan fingerprint density at radius 1 is 0.312 bits per heavy atom. The van der Waals surface area contributed by atoms with E-state index in [2.05, 4.69) is 125 Å². The maximum absolute atomic E-state index is 13.0. The number of aliphatic hydroxyl groups is 1. The first-order valence-corrected chi connectivity index (χ1v) is 39.8. The van der Waals surface area contributed by atoms with Crippen molar-refractivity contribution in [2.24, 2.45) is 0 Å². The van der Waals surface area contributed by atoms with Gasteiger partial charge < -0.3 is 33.8 Å². The van der Waals surface area contributed by atoms with E-state index in [0.29, 0.717) is 25.7 Å². The van der Waals surface area contributed by atoms with Crippen molar-refractivity contribution >= 4 is 39.5 Å². The topological polar surface area (TPSA) is 237 Å². The van der Waals surface area contributed by atoms with Crippen molar-refractivity contribution in [1.29, 1.82) is 0 Å². The molecule has 0 radical (unpaired) electrons. The number of carbonyl (C=O) groups excluding carboxylic acids is 4. The molecule has 0 spiro atoms. The highest BCUT2D eigenvalue weighted by Gasteiger charge is 2.30. The fourth-order valence-corrected chi connectivity index (χ4v) is 11.0. The second kappa shape index (κ2) is 69.0. The fraction of sp³-hybridized carbons (Fsp3) is 0.688. The van der Waals surface area contributed by atoms with Crippen LogP contribution in [0.4, 0.5) is 0 Å². The normalized spacial score (nSPS) is 14.7. The molecular formula is C77H130O17P2. The number of phosphoric acid groups is 2. The van der Waals surface area contributed by atoms with Crippen LogP contribution in [0.3, 0.4) is 0 Å². The van der Waals surface area contributed by atoms with Crippen LogP contribution in [0.25, 0.3) is 0 Å². The predicted octanol–water partition coefficient (Wildman–Crippen LogP) is 20.8. The standard InChI is InChI=1S/C77H130O17P2/c1-5-9-13-17-21-25-29-33-35-39-41-45-49-53-57-61-74(79)87-67-72(93-76(81)63-59-55-51-47-43-37-31-27-23-19-15-11-7-3)69-91-95(83,84)89-65-71(78)66-90-96(85,86)92-70-73(94-77(82)64-60-56-52-48-44-38-32-28-24-20-16-12-8-4)68-88-75(80)62-58-54-50-46-42-40-36-34-30-26-22-18-14-10-6-2/h9-10,13-14,21-22,25-27,31,33-36,41-42,45-46,53,57,71-73,78H,5-8,11-12,15-20,23-24,28-30,32,37-40,43-44,47-52,54-56,58-70H2,1-4H3,(H,83,84)(H,85,86)/b13-9-,14-10-,25-21-,26-22-,31-27-,35-33-,36-34-,45-41-,46-42-,57-53-. The zero-order valence-electron chi connectivity index (χ0n) is 59.8. The van der Waals surface area contributed by atoms with Gasteiger partial charge in [-0.15, -0.1) is 0 Å². The fourth-order valence-electron chi connectivity index (χ4n) is 9.40. The maximum Gasteiger partial charge on any atom is 0.472 e. The van der Waals surface area contributed by atoms with Gasteiger partial charge in [0, 0.05) is 19.3 Å². The molecular weight excluding hydrogens is 1260 g/mol. The molecule has 0 rings (SSSR count). The molecule has 3 N–H and O–H groups in total. The molecule has 96 heavy (non-hydrogen) atoms. The van der Waals surface area contributed by atoms with E-state index in [-0.39, 0.29) is 25.7 Å². The van der Waals surface area contributed by atoms with E-state index in [1.54, 1.807) is 6.08 Å². The number of rotatable bonds is 68. The molecule has 550 valence electrons. The van der Waals surface area contributed by atoms with Crippen molar-refractivity contribution in [2.75, 3.05) is 39.6 Å². The Morgan fingerprint density at radius 3 is 0.969 bits per heavy atom. The van der Waals surface area contributed by atoms with Crippen LogP contribution in [0.1, 0.15) is 285 Å². The lowest BCUT2D eigenvalue weighted by Gasteiger charge is -2.21. The first-order valence-electron chi connectivity index (χ1n) is 36.8. The quantitative estimate of drug-likeness (QED) is 0.0169. The lowest BCUT2D eigenvalue weighted by atomic mass is 10.0. The minimum absolute atomic E-state index is 0.0630. The highest BCUT2D eigenvalue weighted by atomic mass is 31.2. The number of hydrogen-bond donors (Lipinski definition) is 3. The average molecular weight is 1390 g/mol. The van der Waals surface area contributed by atoms with Gasteiger partial charge in [0.2, 0.25) is 0 Å². The van der Waals surface area contributed by atoms with Gasteiger partial charge in [0.25, 0.3) is 0 Å². The highest BCUT2D eigenvalue weighted by Crippen LogP contribution is 2.45. The number of phosphoric ester groups is 2. The van der Waals surface area contributed by atoms with Crippen molar-refractivity contribution in [2.45, 2.75) is 303 Å². The molecule has 0 saturated carbocycles. The van der Waals surface area contributed by atoms with Crippen LogP contribution in [-0.4, -0.2) is 96.7 Å². The summed E-state index contributed by atoms with van der Waals surface area (Å²) < 4.78 is 68.2. The van der Waals surface area contributed by atoms with Gasteiger partial charge in [-0.1, -0.05) is 265 Å². The van der Waals surface area contributed by atoms with Crippen LogP contribution in [0.5, 0.6) is 0 Å². The van der Waals surface area contributed by atoms with Crippen molar-refractivity contribution in [3.05, 3.63) is 122 Å². The van der Waals surface area contributed by atoms with Crippen molar-refractivity contribution in [3.63, 3.8) is 0 Å². The number of allylic oxidation sites excluding steroid dienone is 19. The lowest BCUT2D eigenvalue weighted by molar-refractivity contribution is -0.161. The van der Waals surface area contributed by atoms with Crippen LogP contribution in [0.2, 0.25) is 0 Å². The number of aliphatic hydroxyl groups excluding tert-OH is 1. The van der Waals surface area contributed by atoms with Gasteiger partial charge in [0.15, 0.2) is 12.2 Å². The Morgan fingerprint density at radius 2 is 0.583 bits per heavy atom. The van der Waals surface area contributed by atoms with Crippen LogP contribution < -0.4 is 0 Å². The first-order chi connectivity index (χ1) is 46.7. The predicted molar refractivity (Wildman–Crippen MR) is 390 cm³/mol. The summed E-state index contributed by atoms with van der Waals surface area (Å²) in [5.74, 6) is -2.38. The molecule has 0 aliphatic rings. The molecule has 0 aliphatic carbocycles. The Balaban J connectivity index is 5.44. The lowest BCUT2D eigenvalue weighted by Crippen LogP contribution is -2.30. The van der Waals surface area contributed by atoms with Gasteiger partial charge in [-0.05, 0) is 116 Å². The van der Waals surface area contributed by atoms with Gasteiger partial charge >= 0.3 is 39.5 Å². The number of hydrogen-bond acceptors (Lipinski definition) is 15. The maximum atomic E-state index is 13.0. The van der Waals surface area contributed by atoms with Gasteiger partial charge in [-0.2, -0.15) is 0 Å². The van der Waals surface area contributed by atoms with E-state index in [4.69, 9.17) is 37.0 Å². The SMILES string of the molecule is CC/C=C\C/C=C\C/C=C\C/C=C\C/C=C\CC(=O)OCC(COP(=O)(O)OCC(O)COP(=O)(O)OCC(COC(=O)CCCC/C=C\C/C=C\C/C=C\C/C=C\CC)OC(=O)CCCCCCCCCCCCCCC)OC(=O)CCCCCCC/C=C\CCCCCC. The summed E-state index contributed by atoms with van der Waals surface area (Å²) in [4.78, 5) is 72.6. The van der Waals surface area contributed by atoms with Crippen molar-refractivity contribution in [3.8, 4) is 0 Å². The third-order valence-corrected chi connectivity index (χ3v) is 16.9. The number of esters is 4. The monoisotopic (exact) mass is 1390 g/mol. The summed E-state index contributed by atoms with van der Waals surface area (Å²) in [6.07, 6.45) is 73.8. The molecule has 0 fully saturated rings. The third-order valence-electron chi connectivity index (χ3n) is 15.0. The Hall–Kier alpha value is -4.54. The smallest absolute Gasteiger partial charge is 0.462 e. The number of carbonyl (C=O) groups is 4. The summed E-state index contributed by atoms with van der Waals surface area (Å²) in [6, 6.07) is 0. The van der Waals surface area contributed by atoms with E-state index >= 15 is 0 Å². The van der Waals surface area contributed by atoms with Gasteiger partial charge in [-0.3, -0.25) is 37.3 Å². The average Bonchev–Trinajstić information content (AvgIpc) is 1.14. The van der Waals surface area contributed by atoms with E-state index in [1.807, 2.05) is 18.2 Å². The van der Waals surface area contributed by atoms with Gasteiger partial charge in [0.1, 0.15) is 19.3 Å². The number of ether oxygens (including phenoxy) is 4. The van der Waals surface area contributed by atoms with Crippen molar-refractivity contribution < 1.29 is 80.2 Å². The molecule has 0 bridgehead atoms. The summed E-state index contributed by atoms with van der Waals surface area (Å²) in [6.45, 7) is 4.45. The Kier molecular flexibility index (Phi) is 65.7. The largest absolute Gasteiger partial charge is 0.472 e. The van der Waals surface area contributed by atoms with Crippen LogP contribution in [0.15, 0.2) is 122 Å². The van der Waals surface area contributed by atoms with Crippen LogP contribution >= 0.6 is 15.6 Å². The molecule has 0 amide bonds. The molecule has 0 heterocycles. The summed E-state index contributed by atoms with van der Waals surface area (Å²) in [5, 5.41) is 10.6. The van der Waals surface area contributed by atoms with Gasteiger partial charge in [0.05, 0.1) is 32.8 Å². The van der Waals surface area contributed by atoms with E-state index in [0.717, 1.165) is 128 Å². The van der Waals surface area contributed by atoms with E-state index in [9.17, 15) is 43.2 Å². The molecule has 0 aromatic rings. The van der Waals surface area contributed by atoms with E-state index in [1.165, 1.54) is 77.0 Å². The Labute approximate surface area is 581 Å². The molecule has 0 aliphatic heterocycles. The molecule has 0 aromatic carbocycles. The molecule has 19 heteroatoms. The first kappa shape index (κ1) is 91.5. The van der Waals surface area contributed by atoms with Crippen molar-refractivity contribution in [1.82, 2.24) is 0 Å². The minimum atomic E-state index is -4.99. The minimum Gasteiger partial charge on any atom is -0.462 e. The molecule has 17 nitrogen and oxygen atoms in total. The zero-order valence-corrected chi connectivity index (χ0v) is 61.5. The van der Waals surface area contributed by atoms with Crippen LogP contribution in [-0.2, 0) is 65.4 Å². The molecule has 5 unspecified atom stereocenters. The number of unbranched alkanes of at least 4 members (excludes halogenated alkanes) is 23. The summed E-state index contributed by atoms with van der Waals surface area (Å²) >= 11 is 0. The Bertz CT molecular complexity index is 2300. The second-order valence-corrected chi connectivity index (χ2v) is 27.0. The summed E-state index contributed by atoms with van der Waals surface area (Å²) in [5.41, 5.74) is 0. The van der Waals surface area contributed by atoms with Crippen LogP contribution in [0, 0.1) is 0 Å². The van der Waals surface area contributed by atoms with E-state index < -0.39 is 97.5 Å².